The SMILES string of the molecule is CCCCN(C(=N)N)C1CC(C)(C)N(C)C(C)(C)C1. The minimum absolute atomic E-state index is 0.145. The first kappa shape index (κ1) is 16.3. The summed E-state index contributed by atoms with van der Waals surface area (Å²) in [6, 6.07) is 0.380. The van der Waals surface area contributed by atoms with E-state index in [4.69, 9.17) is 11.1 Å². The van der Waals surface area contributed by atoms with Gasteiger partial charge in [0.2, 0.25) is 0 Å². The maximum absolute atomic E-state index is 7.87. The summed E-state index contributed by atoms with van der Waals surface area (Å²) >= 11 is 0. The van der Waals surface area contributed by atoms with E-state index in [1.807, 2.05) is 0 Å². The Labute approximate surface area is 118 Å². The van der Waals surface area contributed by atoms with Crippen molar-refractivity contribution in [3.8, 4) is 0 Å². The summed E-state index contributed by atoms with van der Waals surface area (Å²) in [7, 11) is 2.21. The molecule has 0 spiro atoms. The van der Waals surface area contributed by atoms with Crippen molar-refractivity contribution in [2.45, 2.75) is 77.4 Å². The van der Waals surface area contributed by atoms with E-state index < -0.39 is 0 Å². The molecule has 0 radical (unpaired) electrons. The van der Waals surface area contributed by atoms with Crippen LogP contribution in [0, 0.1) is 5.41 Å². The molecule has 0 aromatic heterocycles. The zero-order valence-electron chi connectivity index (χ0n) is 13.6. The van der Waals surface area contributed by atoms with E-state index in [-0.39, 0.29) is 17.0 Å². The molecule has 0 saturated carbocycles. The summed E-state index contributed by atoms with van der Waals surface area (Å²) < 4.78 is 0. The van der Waals surface area contributed by atoms with Crippen LogP contribution in [0.15, 0.2) is 0 Å². The molecule has 4 heteroatoms. The molecule has 1 rings (SSSR count). The predicted molar refractivity (Wildman–Crippen MR) is 82.5 cm³/mol. The largest absolute Gasteiger partial charge is 0.370 e. The van der Waals surface area contributed by atoms with Gasteiger partial charge in [0, 0.05) is 23.7 Å². The molecule has 1 aliphatic rings. The van der Waals surface area contributed by atoms with Gasteiger partial charge in [0.25, 0.3) is 0 Å². The molecule has 1 aliphatic heterocycles. The second kappa shape index (κ2) is 5.70. The van der Waals surface area contributed by atoms with E-state index in [1.165, 1.54) is 0 Å². The minimum Gasteiger partial charge on any atom is -0.370 e. The molecule has 0 atom stereocenters. The second-order valence-electron chi connectivity index (χ2n) is 7.18. The number of guanidine groups is 1. The number of nitrogens with zero attached hydrogens (tertiary/aromatic N) is 2. The maximum Gasteiger partial charge on any atom is 0.188 e. The lowest BCUT2D eigenvalue weighted by Crippen LogP contribution is -2.63. The van der Waals surface area contributed by atoms with Crippen LogP contribution in [-0.4, -0.2) is 46.5 Å². The highest BCUT2D eigenvalue weighted by Crippen LogP contribution is 2.38. The lowest BCUT2D eigenvalue weighted by molar-refractivity contribution is -0.0350. The Balaban J connectivity index is 2.90. The quantitative estimate of drug-likeness (QED) is 0.609. The van der Waals surface area contributed by atoms with Gasteiger partial charge in [-0.2, -0.15) is 0 Å². The summed E-state index contributed by atoms with van der Waals surface area (Å²) in [6.45, 7) is 12.3. The lowest BCUT2D eigenvalue weighted by Gasteiger charge is -2.55. The molecule has 1 heterocycles. The van der Waals surface area contributed by atoms with Gasteiger partial charge in [-0.3, -0.25) is 10.3 Å². The second-order valence-corrected chi connectivity index (χ2v) is 7.18. The van der Waals surface area contributed by atoms with Gasteiger partial charge in [0.15, 0.2) is 5.96 Å². The van der Waals surface area contributed by atoms with Crippen LogP contribution in [0.1, 0.15) is 60.3 Å². The number of likely N-dealkylation sites (tertiary alicyclic amines) is 1. The third-order valence-corrected chi connectivity index (χ3v) is 4.79. The third-order valence-electron chi connectivity index (χ3n) is 4.79. The Morgan fingerprint density at radius 2 is 1.74 bits per heavy atom. The zero-order chi connectivity index (χ0) is 14.8. The fourth-order valence-electron chi connectivity index (χ4n) is 3.37. The smallest absolute Gasteiger partial charge is 0.188 e. The Hall–Kier alpha value is -0.770. The molecule has 1 fully saturated rings. The molecular weight excluding hydrogens is 236 g/mol. The standard InChI is InChI=1S/C15H32N4/c1-7-8-9-19(13(16)17)12-10-14(2,3)18(6)15(4,5)11-12/h12H,7-11H2,1-6H3,(H3,16,17). The maximum atomic E-state index is 7.87. The Morgan fingerprint density at radius 3 is 2.11 bits per heavy atom. The number of piperidine rings is 1. The summed E-state index contributed by atoms with van der Waals surface area (Å²) in [5, 5.41) is 7.87. The van der Waals surface area contributed by atoms with Crippen molar-refractivity contribution >= 4 is 5.96 Å². The van der Waals surface area contributed by atoms with E-state index >= 15 is 0 Å². The van der Waals surface area contributed by atoms with Crippen LogP contribution >= 0.6 is 0 Å². The number of unbranched alkanes of at least 4 members (excludes halogenated alkanes) is 1. The molecule has 19 heavy (non-hydrogen) atoms. The summed E-state index contributed by atoms with van der Waals surface area (Å²) in [4.78, 5) is 4.58. The van der Waals surface area contributed by atoms with Crippen LogP contribution in [0.25, 0.3) is 0 Å². The van der Waals surface area contributed by atoms with E-state index in [2.05, 4.69) is 51.5 Å². The number of nitrogens with one attached hydrogen (secondary N) is 1. The van der Waals surface area contributed by atoms with Crippen molar-refractivity contribution in [2.75, 3.05) is 13.6 Å². The zero-order valence-corrected chi connectivity index (χ0v) is 13.6. The molecule has 3 N–H and O–H groups in total. The number of hydrogen-bond donors (Lipinski definition) is 2. The van der Waals surface area contributed by atoms with E-state index in [9.17, 15) is 0 Å². The highest BCUT2D eigenvalue weighted by atomic mass is 15.3. The van der Waals surface area contributed by atoms with Gasteiger partial charge in [0.05, 0.1) is 0 Å². The Bertz CT molecular complexity index is 304. The van der Waals surface area contributed by atoms with Crippen molar-refractivity contribution in [1.82, 2.24) is 9.80 Å². The predicted octanol–water partition coefficient (Wildman–Crippen LogP) is 2.63. The number of rotatable bonds is 4. The Morgan fingerprint density at radius 1 is 1.26 bits per heavy atom. The van der Waals surface area contributed by atoms with Crippen molar-refractivity contribution in [2.24, 2.45) is 5.73 Å². The highest BCUT2D eigenvalue weighted by molar-refractivity contribution is 5.75. The normalized spacial score (nSPS) is 23.3. The van der Waals surface area contributed by atoms with Crippen LogP contribution < -0.4 is 5.73 Å². The van der Waals surface area contributed by atoms with E-state index in [1.54, 1.807) is 0 Å². The molecule has 0 aliphatic carbocycles. The molecule has 0 amide bonds. The molecular formula is C15H32N4. The van der Waals surface area contributed by atoms with Gasteiger partial charge < -0.3 is 10.6 Å². The van der Waals surface area contributed by atoms with Gasteiger partial charge in [0.1, 0.15) is 0 Å². The lowest BCUT2D eigenvalue weighted by atomic mass is 9.77. The number of nitrogens with two attached hydrogens (primary N) is 1. The van der Waals surface area contributed by atoms with Crippen LogP contribution in [0.4, 0.5) is 0 Å². The summed E-state index contributed by atoms with van der Waals surface area (Å²) in [5.74, 6) is 0.231. The van der Waals surface area contributed by atoms with Gasteiger partial charge in [-0.1, -0.05) is 13.3 Å². The monoisotopic (exact) mass is 268 g/mol. The average molecular weight is 268 g/mol. The first-order chi connectivity index (χ1) is 8.62. The van der Waals surface area contributed by atoms with Crippen molar-refractivity contribution in [3.63, 3.8) is 0 Å². The molecule has 4 nitrogen and oxygen atoms in total. The van der Waals surface area contributed by atoms with E-state index in [0.29, 0.717) is 6.04 Å². The fourth-order valence-corrected chi connectivity index (χ4v) is 3.37. The van der Waals surface area contributed by atoms with Gasteiger partial charge >= 0.3 is 0 Å². The van der Waals surface area contributed by atoms with Gasteiger partial charge in [-0.25, -0.2) is 0 Å². The van der Waals surface area contributed by atoms with Crippen molar-refractivity contribution in [3.05, 3.63) is 0 Å². The molecule has 0 unspecified atom stereocenters. The number of hydrogen-bond acceptors (Lipinski definition) is 2. The molecule has 1 saturated heterocycles. The average Bonchev–Trinajstić information content (AvgIpc) is 2.25. The third kappa shape index (κ3) is 3.62. The van der Waals surface area contributed by atoms with Crippen LogP contribution in [0.2, 0.25) is 0 Å². The summed E-state index contributed by atoms with van der Waals surface area (Å²) in [5.41, 5.74) is 6.11. The molecule has 0 aromatic carbocycles. The highest BCUT2D eigenvalue weighted by Gasteiger charge is 2.44. The van der Waals surface area contributed by atoms with E-state index in [0.717, 1.165) is 32.2 Å². The topological polar surface area (TPSA) is 56.4 Å². The molecule has 0 bridgehead atoms. The van der Waals surface area contributed by atoms with Gasteiger partial charge in [-0.05, 0) is 54.0 Å². The summed E-state index contributed by atoms with van der Waals surface area (Å²) in [6.07, 6.45) is 4.38. The van der Waals surface area contributed by atoms with Crippen LogP contribution in [-0.2, 0) is 0 Å². The molecule has 0 aromatic rings. The first-order valence-electron chi connectivity index (χ1n) is 7.46. The van der Waals surface area contributed by atoms with Crippen LogP contribution in [0.5, 0.6) is 0 Å². The minimum atomic E-state index is 0.145. The van der Waals surface area contributed by atoms with Crippen molar-refractivity contribution < 1.29 is 0 Å². The van der Waals surface area contributed by atoms with Crippen molar-refractivity contribution in [1.29, 1.82) is 5.41 Å². The van der Waals surface area contributed by atoms with Gasteiger partial charge in [-0.15, -0.1) is 0 Å². The first-order valence-corrected chi connectivity index (χ1v) is 7.46. The fraction of sp³-hybridized carbons (Fsp3) is 0.933. The molecule has 112 valence electrons. The van der Waals surface area contributed by atoms with Crippen LogP contribution in [0.3, 0.4) is 0 Å². The Kier molecular flexibility index (Phi) is 4.88.